The standard InChI is InChI=1S/C20H12ClFN4O4S/c1-29-18-8-16(21)12(9-23)7-19(18)30-17-4-3-15(6-13(17)10-24)31(27,28)26-20-5-2-14(22)11-25-20/h2-8,11H,1H3,(H,25,26). The molecule has 0 fully saturated rings. The van der Waals surface area contributed by atoms with Crippen molar-refractivity contribution in [1.29, 1.82) is 10.5 Å². The molecular formula is C20H12ClFN4O4S. The van der Waals surface area contributed by atoms with Gasteiger partial charge in [-0.25, -0.2) is 17.8 Å². The second kappa shape index (κ2) is 8.88. The van der Waals surface area contributed by atoms with Gasteiger partial charge in [0.05, 0.1) is 34.4 Å². The van der Waals surface area contributed by atoms with E-state index >= 15 is 0 Å². The van der Waals surface area contributed by atoms with Crippen molar-refractivity contribution in [2.75, 3.05) is 11.8 Å². The van der Waals surface area contributed by atoms with Crippen molar-refractivity contribution in [3.05, 3.63) is 70.6 Å². The monoisotopic (exact) mass is 458 g/mol. The number of hydrogen-bond donors (Lipinski definition) is 1. The molecule has 1 N–H and O–H groups in total. The average molecular weight is 459 g/mol. The lowest BCUT2D eigenvalue weighted by atomic mass is 10.2. The number of halogens is 2. The summed E-state index contributed by atoms with van der Waals surface area (Å²) in [6, 6.07) is 12.3. The van der Waals surface area contributed by atoms with Crippen LogP contribution in [0.15, 0.2) is 53.6 Å². The van der Waals surface area contributed by atoms with Crippen molar-refractivity contribution in [1.82, 2.24) is 4.98 Å². The Kier molecular flexibility index (Phi) is 6.25. The van der Waals surface area contributed by atoms with Crippen molar-refractivity contribution in [3.63, 3.8) is 0 Å². The Morgan fingerprint density at radius 2 is 1.77 bits per heavy atom. The molecule has 8 nitrogen and oxygen atoms in total. The maximum Gasteiger partial charge on any atom is 0.263 e. The molecule has 3 rings (SSSR count). The summed E-state index contributed by atoms with van der Waals surface area (Å²) in [5, 5.41) is 18.8. The number of nitrogens with zero attached hydrogens (tertiary/aromatic N) is 3. The molecule has 156 valence electrons. The van der Waals surface area contributed by atoms with Gasteiger partial charge in [-0.05, 0) is 30.3 Å². The molecule has 0 unspecified atom stereocenters. The quantitative estimate of drug-likeness (QED) is 0.586. The number of nitrogens with one attached hydrogen (secondary N) is 1. The largest absolute Gasteiger partial charge is 0.493 e. The Bertz CT molecular complexity index is 1330. The molecule has 0 spiro atoms. The normalized spacial score (nSPS) is 10.6. The van der Waals surface area contributed by atoms with Crippen LogP contribution < -0.4 is 14.2 Å². The van der Waals surface area contributed by atoms with Crippen LogP contribution in [0.5, 0.6) is 17.2 Å². The molecule has 0 atom stereocenters. The molecule has 2 aromatic carbocycles. The summed E-state index contributed by atoms with van der Waals surface area (Å²) in [6.07, 6.45) is 0.866. The number of sulfonamides is 1. The zero-order valence-corrected chi connectivity index (χ0v) is 17.3. The van der Waals surface area contributed by atoms with Gasteiger partial charge in [0.1, 0.15) is 29.5 Å². The highest BCUT2D eigenvalue weighted by molar-refractivity contribution is 7.92. The third-order valence-electron chi connectivity index (χ3n) is 3.94. The number of rotatable bonds is 6. The fraction of sp³-hybridized carbons (Fsp3) is 0.0500. The lowest BCUT2D eigenvalue weighted by Crippen LogP contribution is -2.14. The van der Waals surface area contributed by atoms with E-state index in [4.69, 9.17) is 26.3 Å². The molecule has 0 aliphatic heterocycles. The van der Waals surface area contributed by atoms with Crippen LogP contribution in [0.1, 0.15) is 11.1 Å². The average Bonchev–Trinajstić information content (AvgIpc) is 2.76. The fourth-order valence-electron chi connectivity index (χ4n) is 2.46. The number of hydrogen-bond acceptors (Lipinski definition) is 7. The van der Waals surface area contributed by atoms with E-state index in [1.165, 1.54) is 31.4 Å². The molecular weight excluding hydrogens is 447 g/mol. The number of benzene rings is 2. The minimum Gasteiger partial charge on any atom is -0.493 e. The van der Waals surface area contributed by atoms with Crippen LogP contribution in [0.4, 0.5) is 10.2 Å². The molecule has 3 aromatic rings. The molecule has 31 heavy (non-hydrogen) atoms. The summed E-state index contributed by atoms with van der Waals surface area (Å²) >= 11 is 5.98. The van der Waals surface area contributed by atoms with E-state index < -0.39 is 15.8 Å². The summed E-state index contributed by atoms with van der Waals surface area (Å²) < 4.78 is 51.2. The van der Waals surface area contributed by atoms with E-state index in [1.807, 2.05) is 12.1 Å². The number of aromatic nitrogens is 1. The van der Waals surface area contributed by atoms with Crippen LogP contribution in [-0.4, -0.2) is 20.5 Å². The van der Waals surface area contributed by atoms with Crippen LogP contribution in [0.2, 0.25) is 5.02 Å². The summed E-state index contributed by atoms with van der Waals surface area (Å²) in [6.45, 7) is 0. The minimum atomic E-state index is -4.10. The second-order valence-electron chi connectivity index (χ2n) is 5.93. The van der Waals surface area contributed by atoms with Gasteiger partial charge in [-0.15, -0.1) is 0 Å². The van der Waals surface area contributed by atoms with E-state index in [0.717, 1.165) is 24.4 Å². The summed E-state index contributed by atoms with van der Waals surface area (Å²) in [4.78, 5) is 3.41. The predicted octanol–water partition coefficient (Wildman–Crippen LogP) is 4.22. The first kappa shape index (κ1) is 21.8. The molecule has 0 amide bonds. The Labute approximate surface area is 182 Å². The molecule has 1 heterocycles. The molecule has 0 saturated heterocycles. The van der Waals surface area contributed by atoms with Crippen molar-refractivity contribution < 1.29 is 22.3 Å². The van der Waals surface area contributed by atoms with Crippen molar-refractivity contribution >= 4 is 27.4 Å². The SMILES string of the molecule is COc1cc(Cl)c(C#N)cc1Oc1ccc(S(=O)(=O)Nc2ccc(F)cn2)cc1C#N. The van der Waals surface area contributed by atoms with Gasteiger partial charge >= 0.3 is 0 Å². The van der Waals surface area contributed by atoms with Crippen LogP contribution in [0.25, 0.3) is 0 Å². The third kappa shape index (κ3) is 4.83. The van der Waals surface area contributed by atoms with E-state index in [1.54, 1.807) is 0 Å². The molecule has 0 radical (unpaired) electrons. The van der Waals surface area contributed by atoms with Gasteiger partial charge in [-0.2, -0.15) is 10.5 Å². The molecule has 0 saturated carbocycles. The highest BCUT2D eigenvalue weighted by atomic mass is 35.5. The molecule has 0 aliphatic rings. The molecule has 0 aliphatic carbocycles. The van der Waals surface area contributed by atoms with Crippen LogP contribution in [0, 0.1) is 28.5 Å². The lowest BCUT2D eigenvalue weighted by molar-refractivity contribution is 0.378. The highest BCUT2D eigenvalue weighted by Gasteiger charge is 2.19. The van der Waals surface area contributed by atoms with Crippen molar-refractivity contribution in [3.8, 4) is 29.4 Å². The van der Waals surface area contributed by atoms with Gasteiger partial charge in [0, 0.05) is 12.1 Å². The van der Waals surface area contributed by atoms with Crippen molar-refractivity contribution in [2.45, 2.75) is 4.90 Å². The third-order valence-corrected chi connectivity index (χ3v) is 5.61. The van der Waals surface area contributed by atoms with E-state index in [-0.39, 0.29) is 44.1 Å². The zero-order chi connectivity index (χ0) is 22.6. The maximum atomic E-state index is 13.0. The van der Waals surface area contributed by atoms with E-state index in [0.29, 0.717) is 0 Å². The topological polar surface area (TPSA) is 125 Å². The Hall–Kier alpha value is -3.86. The van der Waals surface area contributed by atoms with Crippen LogP contribution in [0.3, 0.4) is 0 Å². The first-order valence-electron chi connectivity index (χ1n) is 8.41. The van der Waals surface area contributed by atoms with E-state index in [2.05, 4.69) is 9.71 Å². The second-order valence-corrected chi connectivity index (χ2v) is 8.02. The molecule has 1 aromatic heterocycles. The van der Waals surface area contributed by atoms with E-state index in [9.17, 15) is 18.1 Å². The highest BCUT2D eigenvalue weighted by Crippen LogP contribution is 2.37. The van der Waals surface area contributed by atoms with Gasteiger partial charge < -0.3 is 9.47 Å². The number of pyridine rings is 1. The minimum absolute atomic E-state index is 0.0332. The Morgan fingerprint density at radius 3 is 2.39 bits per heavy atom. The van der Waals surface area contributed by atoms with Gasteiger partial charge in [-0.1, -0.05) is 11.6 Å². The summed E-state index contributed by atoms with van der Waals surface area (Å²) in [7, 11) is -2.73. The first-order valence-corrected chi connectivity index (χ1v) is 10.3. The van der Waals surface area contributed by atoms with Gasteiger partial charge in [-0.3, -0.25) is 4.72 Å². The van der Waals surface area contributed by atoms with Crippen LogP contribution in [-0.2, 0) is 10.0 Å². The summed E-state index contributed by atoms with van der Waals surface area (Å²) in [5.74, 6) is -0.340. The van der Waals surface area contributed by atoms with Gasteiger partial charge in [0.25, 0.3) is 10.0 Å². The maximum absolute atomic E-state index is 13.0. The molecule has 0 bridgehead atoms. The van der Waals surface area contributed by atoms with Gasteiger partial charge in [0.2, 0.25) is 0 Å². The van der Waals surface area contributed by atoms with Crippen LogP contribution >= 0.6 is 11.6 Å². The lowest BCUT2D eigenvalue weighted by Gasteiger charge is -2.13. The fourth-order valence-corrected chi connectivity index (χ4v) is 3.69. The predicted molar refractivity (Wildman–Crippen MR) is 109 cm³/mol. The Balaban J connectivity index is 1.95. The van der Waals surface area contributed by atoms with Crippen molar-refractivity contribution in [2.24, 2.45) is 0 Å². The summed E-state index contributed by atoms with van der Waals surface area (Å²) in [5.41, 5.74) is 0.0385. The number of methoxy groups -OCH3 is 1. The number of anilines is 1. The van der Waals surface area contributed by atoms with Gasteiger partial charge in [0.15, 0.2) is 11.5 Å². The first-order chi connectivity index (χ1) is 14.8. The molecule has 11 heteroatoms. The number of nitriles is 2. The number of ether oxygens (including phenoxy) is 2. The zero-order valence-electron chi connectivity index (χ0n) is 15.8. The Morgan fingerprint density at radius 1 is 1.03 bits per heavy atom. The smallest absolute Gasteiger partial charge is 0.263 e.